The average Bonchev–Trinajstić information content (AvgIpc) is 2.03. The summed E-state index contributed by atoms with van der Waals surface area (Å²) in [6.07, 6.45) is 3.68. The average molecular weight is 158 g/mol. The molecule has 0 aliphatic carbocycles. The lowest BCUT2D eigenvalue weighted by Gasteiger charge is -1.96. The Morgan fingerprint density at radius 1 is 1.64 bits per heavy atom. The Morgan fingerprint density at radius 2 is 2.00 bits per heavy atom. The summed E-state index contributed by atoms with van der Waals surface area (Å²) in [6, 6.07) is 0. The Bertz CT molecular complexity index is 108. The number of allylic oxidation sites excluding steroid dienone is 1. The highest BCUT2D eigenvalue weighted by Gasteiger charge is 2.05. The molecule has 0 aliphatic heterocycles. The van der Waals surface area contributed by atoms with Gasteiger partial charge in [0.05, 0.1) is 5.92 Å². The molecule has 0 aliphatic rings. The fraction of sp³-hybridized carbons (Fsp3) is 0.667. The monoisotopic (exact) mass is 158 g/mol. The summed E-state index contributed by atoms with van der Waals surface area (Å²) in [6.45, 7) is 9.10. The van der Waals surface area contributed by atoms with E-state index in [1.54, 1.807) is 6.92 Å². The van der Waals surface area contributed by atoms with Crippen molar-refractivity contribution in [2.45, 2.75) is 33.6 Å². The first-order chi connectivity index (χ1) is 5.09. The summed E-state index contributed by atoms with van der Waals surface area (Å²) >= 11 is 0. The van der Waals surface area contributed by atoms with Crippen LogP contribution in [0.3, 0.4) is 0 Å². The van der Waals surface area contributed by atoms with Crippen molar-refractivity contribution in [3.63, 3.8) is 0 Å². The van der Waals surface area contributed by atoms with Crippen LogP contribution >= 0.6 is 0 Å². The molecule has 0 heterocycles. The lowest BCUT2D eigenvalue weighted by Crippen LogP contribution is -2.06. The van der Waals surface area contributed by atoms with E-state index in [2.05, 4.69) is 13.5 Å². The molecule has 0 radical (unpaired) electrons. The Labute approximate surface area is 68.9 Å². The zero-order valence-electron chi connectivity index (χ0n) is 7.63. The maximum absolute atomic E-state index is 9.93. The minimum absolute atomic E-state index is 0.181. The largest absolute Gasteiger partial charge is 0.481 e. The van der Waals surface area contributed by atoms with Crippen LogP contribution in [0.15, 0.2) is 12.7 Å². The molecular formula is C9H18O2. The van der Waals surface area contributed by atoms with Crippen molar-refractivity contribution in [2.24, 2.45) is 5.92 Å². The first kappa shape index (κ1) is 12.8. The van der Waals surface area contributed by atoms with E-state index in [1.165, 1.54) is 0 Å². The number of rotatable bonds is 3. The molecule has 1 N–H and O–H groups in total. The van der Waals surface area contributed by atoms with E-state index in [0.29, 0.717) is 0 Å². The molecule has 2 heteroatoms. The molecule has 0 saturated carbocycles. The quantitative estimate of drug-likeness (QED) is 0.641. The summed E-state index contributed by atoms with van der Waals surface area (Å²) in [4.78, 5) is 9.93. The first-order valence-electron chi connectivity index (χ1n) is 3.93. The lowest BCUT2D eigenvalue weighted by atomic mass is 10.1. The van der Waals surface area contributed by atoms with Crippen LogP contribution in [0.25, 0.3) is 0 Å². The van der Waals surface area contributed by atoms with Gasteiger partial charge < -0.3 is 5.11 Å². The van der Waals surface area contributed by atoms with Gasteiger partial charge in [0, 0.05) is 0 Å². The molecule has 0 aromatic heterocycles. The van der Waals surface area contributed by atoms with Gasteiger partial charge in [0.25, 0.3) is 0 Å². The second-order valence-corrected chi connectivity index (χ2v) is 2.34. The normalized spacial score (nSPS) is 10.8. The maximum Gasteiger partial charge on any atom is 0.306 e. The van der Waals surface area contributed by atoms with Crippen LogP contribution in [-0.2, 0) is 4.79 Å². The van der Waals surface area contributed by atoms with E-state index < -0.39 is 5.97 Å². The lowest BCUT2D eigenvalue weighted by molar-refractivity contribution is -0.141. The van der Waals surface area contributed by atoms with E-state index in [4.69, 9.17) is 5.11 Å². The SMILES string of the molecule is C=CCC.CCC(C)C(=O)O. The van der Waals surface area contributed by atoms with Gasteiger partial charge in [-0.15, -0.1) is 6.58 Å². The third-order valence-electron chi connectivity index (χ3n) is 1.32. The van der Waals surface area contributed by atoms with Crippen LogP contribution < -0.4 is 0 Å². The summed E-state index contributed by atoms with van der Waals surface area (Å²) in [5.74, 6) is -0.887. The van der Waals surface area contributed by atoms with E-state index in [9.17, 15) is 4.79 Å². The highest BCUT2D eigenvalue weighted by atomic mass is 16.4. The third-order valence-corrected chi connectivity index (χ3v) is 1.32. The number of carboxylic acids is 1. The highest BCUT2D eigenvalue weighted by molar-refractivity contribution is 5.69. The molecule has 0 saturated heterocycles. The standard InChI is InChI=1S/C5H10O2.C4H8/c1-3-4(2)5(6)7;1-3-4-2/h4H,3H2,1-2H3,(H,6,7);3H,1,4H2,2H3. The number of carbonyl (C=O) groups is 1. The molecule has 0 bridgehead atoms. The predicted octanol–water partition coefficient (Wildman–Crippen LogP) is 2.70. The number of carboxylic acid groups (broad SMARTS) is 1. The van der Waals surface area contributed by atoms with Crippen LogP contribution in [0.2, 0.25) is 0 Å². The van der Waals surface area contributed by atoms with Crippen molar-refractivity contribution in [3.05, 3.63) is 12.7 Å². The van der Waals surface area contributed by atoms with E-state index in [0.717, 1.165) is 12.8 Å². The molecule has 0 aromatic carbocycles. The molecule has 66 valence electrons. The Morgan fingerprint density at radius 3 is 2.00 bits per heavy atom. The maximum atomic E-state index is 9.93. The summed E-state index contributed by atoms with van der Waals surface area (Å²) in [5, 5.41) is 8.18. The second-order valence-electron chi connectivity index (χ2n) is 2.34. The van der Waals surface area contributed by atoms with Crippen molar-refractivity contribution in [1.82, 2.24) is 0 Å². The highest BCUT2D eigenvalue weighted by Crippen LogP contribution is 1.97. The van der Waals surface area contributed by atoms with Gasteiger partial charge in [-0.3, -0.25) is 4.79 Å². The van der Waals surface area contributed by atoms with Gasteiger partial charge in [-0.2, -0.15) is 0 Å². The number of hydrogen-bond donors (Lipinski definition) is 1. The minimum atomic E-state index is -0.706. The number of hydrogen-bond acceptors (Lipinski definition) is 1. The first-order valence-corrected chi connectivity index (χ1v) is 3.93. The fourth-order valence-corrected chi connectivity index (χ4v) is 0.175. The topological polar surface area (TPSA) is 37.3 Å². The van der Waals surface area contributed by atoms with Crippen LogP contribution in [0.4, 0.5) is 0 Å². The van der Waals surface area contributed by atoms with Crippen LogP contribution in [0.1, 0.15) is 33.6 Å². The zero-order chi connectivity index (χ0) is 9.28. The van der Waals surface area contributed by atoms with E-state index >= 15 is 0 Å². The molecule has 1 atom stereocenters. The van der Waals surface area contributed by atoms with Crippen LogP contribution in [0.5, 0.6) is 0 Å². The summed E-state index contributed by atoms with van der Waals surface area (Å²) in [7, 11) is 0. The van der Waals surface area contributed by atoms with Gasteiger partial charge >= 0.3 is 5.97 Å². The van der Waals surface area contributed by atoms with Crippen molar-refractivity contribution in [1.29, 1.82) is 0 Å². The predicted molar refractivity (Wildman–Crippen MR) is 47.6 cm³/mol. The molecule has 2 nitrogen and oxygen atoms in total. The molecular weight excluding hydrogens is 140 g/mol. The molecule has 0 aromatic rings. The van der Waals surface area contributed by atoms with Crippen molar-refractivity contribution in [2.75, 3.05) is 0 Å². The summed E-state index contributed by atoms with van der Waals surface area (Å²) in [5.41, 5.74) is 0. The fourth-order valence-electron chi connectivity index (χ4n) is 0.175. The van der Waals surface area contributed by atoms with Gasteiger partial charge in [0.1, 0.15) is 0 Å². The van der Waals surface area contributed by atoms with Gasteiger partial charge in [0.15, 0.2) is 0 Å². The molecule has 0 rings (SSSR count). The Balaban J connectivity index is 0. The Kier molecular flexibility index (Phi) is 10.8. The molecule has 0 fully saturated rings. The number of aliphatic carboxylic acids is 1. The van der Waals surface area contributed by atoms with Gasteiger partial charge in [-0.1, -0.05) is 26.8 Å². The second kappa shape index (κ2) is 9.21. The van der Waals surface area contributed by atoms with Crippen molar-refractivity contribution < 1.29 is 9.90 Å². The van der Waals surface area contributed by atoms with Gasteiger partial charge in [0.2, 0.25) is 0 Å². The van der Waals surface area contributed by atoms with Crippen LogP contribution in [0, 0.1) is 5.92 Å². The van der Waals surface area contributed by atoms with E-state index in [1.807, 2.05) is 13.0 Å². The molecule has 0 amide bonds. The van der Waals surface area contributed by atoms with Crippen LogP contribution in [-0.4, -0.2) is 11.1 Å². The van der Waals surface area contributed by atoms with Gasteiger partial charge in [-0.25, -0.2) is 0 Å². The van der Waals surface area contributed by atoms with E-state index in [-0.39, 0.29) is 5.92 Å². The zero-order valence-corrected chi connectivity index (χ0v) is 7.63. The Hall–Kier alpha value is -0.790. The molecule has 0 spiro atoms. The molecule has 11 heavy (non-hydrogen) atoms. The smallest absolute Gasteiger partial charge is 0.306 e. The molecule has 1 unspecified atom stereocenters. The van der Waals surface area contributed by atoms with Crippen molar-refractivity contribution >= 4 is 5.97 Å². The third kappa shape index (κ3) is 12.4. The van der Waals surface area contributed by atoms with Gasteiger partial charge in [-0.05, 0) is 12.8 Å². The van der Waals surface area contributed by atoms with Crippen molar-refractivity contribution in [3.8, 4) is 0 Å². The minimum Gasteiger partial charge on any atom is -0.481 e. The summed E-state index contributed by atoms with van der Waals surface area (Å²) < 4.78 is 0.